The van der Waals surface area contributed by atoms with E-state index in [1.807, 2.05) is 5.38 Å². The topological polar surface area (TPSA) is 68.3 Å². The third-order valence-corrected chi connectivity index (χ3v) is 3.61. The monoisotopic (exact) mass is 290 g/mol. The molecule has 0 radical (unpaired) electrons. The lowest BCUT2D eigenvalue weighted by Crippen LogP contribution is -2.18. The van der Waals surface area contributed by atoms with E-state index in [0.29, 0.717) is 11.1 Å². The molecule has 2 rings (SSSR count). The fourth-order valence-electron chi connectivity index (χ4n) is 1.65. The molecule has 0 fully saturated rings. The second-order valence-corrected chi connectivity index (χ2v) is 5.00. The van der Waals surface area contributed by atoms with E-state index in [1.165, 1.54) is 24.5 Å². The molecule has 1 aromatic carbocycles. The molecule has 1 heterocycles. The van der Waals surface area contributed by atoms with Gasteiger partial charge in [-0.3, -0.25) is 4.79 Å². The highest BCUT2D eigenvalue weighted by Gasteiger charge is 2.16. The van der Waals surface area contributed by atoms with Crippen LogP contribution in [0.25, 0.3) is 0 Å². The second-order valence-electron chi connectivity index (χ2n) is 4.08. The molecule has 1 unspecified atom stereocenters. The Kier molecular flexibility index (Phi) is 4.47. The normalized spacial score (nSPS) is 11.7. The summed E-state index contributed by atoms with van der Waals surface area (Å²) in [6, 6.07) is 6.41. The Morgan fingerprint density at radius 3 is 2.75 bits per heavy atom. The first-order chi connectivity index (χ1) is 9.61. The van der Waals surface area contributed by atoms with Crippen LogP contribution in [0.15, 0.2) is 35.8 Å². The molecule has 0 aliphatic carbocycles. The number of aromatic nitrogens is 1. The van der Waals surface area contributed by atoms with Crippen molar-refractivity contribution in [1.82, 2.24) is 10.3 Å². The van der Waals surface area contributed by atoms with Crippen molar-refractivity contribution in [2.24, 2.45) is 0 Å². The molecule has 6 heteroatoms. The summed E-state index contributed by atoms with van der Waals surface area (Å²) in [7, 11) is 1.54. The zero-order chi connectivity index (χ0) is 14.5. The van der Waals surface area contributed by atoms with Crippen LogP contribution in [0.1, 0.15) is 38.8 Å². The van der Waals surface area contributed by atoms with E-state index in [-0.39, 0.29) is 5.91 Å². The fourth-order valence-corrected chi connectivity index (χ4v) is 2.27. The Hall–Kier alpha value is -2.21. The average molecular weight is 290 g/mol. The summed E-state index contributed by atoms with van der Waals surface area (Å²) < 4.78 is 5.33. The molecule has 1 atom stereocenters. The molecule has 2 aromatic rings. The number of hydrogen-bond donors (Lipinski definition) is 1. The zero-order valence-electron chi connectivity index (χ0n) is 11.1. The molecule has 0 saturated heterocycles. The predicted molar refractivity (Wildman–Crippen MR) is 75.8 cm³/mol. The molecule has 0 saturated carbocycles. The largest absolute Gasteiger partial charge is 0.452 e. The molecule has 0 spiro atoms. The summed E-state index contributed by atoms with van der Waals surface area (Å²) in [6.45, 7) is 1.76. The number of carbonyl (C=O) groups excluding carboxylic acids is 2. The van der Waals surface area contributed by atoms with Crippen LogP contribution >= 0.6 is 11.3 Å². The van der Waals surface area contributed by atoms with Gasteiger partial charge in [-0.05, 0) is 25.1 Å². The maximum absolute atomic E-state index is 12.0. The Bertz CT molecular complexity index is 611. The van der Waals surface area contributed by atoms with E-state index in [4.69, 9.17) is 4.74 Å². The van der Waals surface area contributed by atoms with Crippen LogP contribution in [0.3, 0.4) is 0 Å². The van der Waals surface area contributed by atoms with E-state index >= 15 is 0 Å². The van der Waals surface area contributed by atoms with E-state index in [9.17, 15) is 9.59 Å². The lowest BCUT2D eigenvalue weighted by molar-refractivity contribution is 0.0337. The maximum Gasteiger partial charge on any atom is 0.338 e. The van der Waals surface area contributed by atoms with Crippen molar-refractivity contribution in [2.75, 3.05) is 7.05 Å². The minimum atomic E-state index is -0.474. The summed E-state index contributed by atoms with van der Waals surface area (Å²) in [5.74, 6) is -0.717. The third kappa shape index (κ3) is 3.21. The van der Waals surface area contributed by atoms with Crippen LogP contribution in [0.4, 0.5) is 0 Å². The molecule has 1 aromatic heterocycles. The molecular formula is C14H14N2O3S. The Balaban J connectivity index is 2.11. The second kappa shape index (κ2) is 6.29. The van der Waals surface area contributed by atoms with Crippen molar-refractivity contribution in [3.8, 4) is 0 Å². The van der Waals surface area contributed by atoms with Gasteiger partial charge in [-0.2, -0.15) is 0 Å². The Labute approximate surface area is 120 Å². The summed E-state index contributed by atoms with van der Waals surface area (Å²) in [5.41, 5.74) is 0.762. The van der Waals surface area contributed by atoms with Gasteiger partial charge >= 0.3 is 5.97 Å². The number of nitrogens with one attached hydrogen (secondary N) is 1. The Morgan fingerprint density at radius 1 is 1.35 bits per heavy atom. The average Bonchev–Trinajstić information content (AvgIpc) is 3.00. The number of rotatable bonds is 4. The Morgan fingerprint density at radius 2 is 2.10 bits per heavy atom. The quantitative estimate of drug-likeness (QED) is 0.878. The van der Waals surface area contributed by atoms with Crippen LogP contribution in [0, 0.1) is 0 Å². The van der Waals surface area contributed by atoms with E-state index in [1.54, 1.807) is 31.3 Å². The molecule has 20 heavy (non-hydrogen) atoms. The van der Waals surface area contributed by atoms with E-state index in [0.717, 1.165) is 5.01 Å². The molecule has 0 bridgehead atoms. The molecule has 1 amide bonds. The van der Waals surface area contributed by atoms with Crippen LogP contribution in [-0.2, 0) is 4.74 Å². The first-order valence-electron chi connectivity index (χ1n) is 6.04. The van der Waals surface area contributed by atoms with Gasteiger partial charge in [0.2, 0.25) is 0 Å². The lowest BCUT2D eigenvalue weighted by Gasteiger charge is -2.11. The number of thiazole rings is 1. The molecular weight excluding hydrogens is 276 g/mol. The molecule has 1 N–H and O–H groups in total. The number of esters is 1. The van der Waals surface area contributed by atoms with Crippen molar-refractivity contribution in [3.63, 3.8) is 0 Å². The van der Waals surface area contributed by atoms with Gasteiger partial charge in [-0.15, -0.1) is 11.3 Å². The van der Waals surface area contributed by atoms with Gasteiger partial charge in [0.15, 0.2) is 6.10 Å². The van der Waals surface area contributed by atoms with Crippen molar-refractivity contribution in [1.29, 1.82) is 0 Å². The highest BCUT2D eigenvalue weighted by atomic mass is 32.1. The van der Waals surface area contributed by atoms with Gasteiger partial charge in [-0.1, -0.05) is 6.07 Å². The minimum Gasteiger partial charge on any atom is -0.452 e. The highest BCUT2D eigenvalue weighted by molar-refractivity contribution is 7.09. The first-order valence-corrected chi connectivity index (χ1v) is 6.92. The van der Waals surface area contributed by atoms with Crippen molar-refractivity contribution in [2.45, 2.75) is 13.0 Å². The number of hydrogen-bond acceptors (Lipinski definition) is 5. The molecule has 104 valence electrons. The summed E-state index contributed by atoms with van der Waals surface area (Å²) in [4.78, 5) is 27.7. The van der Waals surface area contributed by atoms with Gasteiger partial charge in [0.05, 0.1) is 5.56 Å². The standard InChI is InChI=1S/C14H14N2O3S/c1-9(13-16-6-7-20-13)19-14(18)11-5-3-4-10(8-11)12(17)15-2/h3-9H,1-2H3,(H,15,17). The van der Waals surface area contributed by atoms with Crippen LogP contribution < -0.4 is 5.32 Å². The number of ether oxygens (including phenoxy) is 1. The molecule has 0 aliphatic heterocycles. The smallest absolute Gasteiger partial charge is 0.338 e. The molecule has 0 aliphatic rings. The lowest BCUT2D eigenvalue weighted by atomic mass is 10.1. The zero-order valence-corrected chi connectivity index (χ0v) is 11.9. The number of benzene rings is 1. The fraction of sp³-hybridized carbons (Fsp3) is 0.214. The van der Waals surface area contributed by atoms with Gasteiger partial charge in [0.25, 0.3) is 5.91 Å². The minimum absolute atomic E-state index is 0.243. The predicted octanol–water partition coefficient (Wildman–Crippen LogP) is 2.42. The van der Waals surface area contributed by atoms with E-state index in [2.05, 4.69) is 10.3 Å². The van der Waals surface area contributed by atoms with Crippen LogP contribution in [0.5, 0.6) is 0 Å². The van der Waals surface area contributed by atoms with Crippen molar-refractivity contribution >= 4 is 23.2 Å². The number of nitrogens with zero attached hydrogens (tertiary/aromatic N) is 1. The van der Waals surface area contributed by atoms with Gasteiger partial charge in [0.1, 0.15) is 5.01 Å². The number of carbonyl (C=O) groups is 2. The van der Waals surface area contributed by atoms with Gasteiger partial charge < -0.3 is 10.1 Å². The van der Waals surface area contributed by atoms with Crippen molar-refractivity contribution in [3.05, 3.63) is 52.0 Å². The SMILES string of the molecule is CNC(=O)c1cccc(C(=O)OC(C)c2nccs2)c1. The summed E-state index contributed by atoms with van der Waals surface area (Å²) >= 11 is 1.43. The third-order valence-electron chi connectivity index (χ3n) is 2.67. The van der Waals surface area contributed by atoms with Crippen LogP contribution in [0.2, 0.25) is 0 Å². The van der Waals surface area contributed by atoms with Gasteiger partial charge in [-0.25, -0.2) is 9.78 Å². The number of amides is 1. The summed E-state index contributed by atoms with van der Waals surface area (Å²) in [6.07, 6.45) is 1.25. The molecule has 5 nitrogen and oxygen atoms in total. The van der Waals surface area contributed by atoms with Crippen LogP contribution in [-0.4, -0.2) is 23.9 Å². The van der Waals surface area contributed by atoms with Crippen molar-refractivity contribution < 1.29 is 14.3 Å². The first kappa shape index (κ1) is 14.2. The summed E-state index contributed by atoms with van der Waals surface area (Å²) in [5, 5.41) is 5.07. The highest BCUT2D eigenvalue weighted by Crippen LogP contribution is 2.20. The van der Waals surface area contributed by atoms with Gasteiger partial charge in [0, 0.05) is 24.2 Å². The maximum atomic E-state index is 12.0. The van der Waals surface area contributed by atoms with E-state index < -0.39 is 12.1 Å².